The van der Waals surface area contributed by atoms with Crippen LogP contribution in [-0.4, -0.2) is 23.2 Å². The zero-order valence-corrected chi connectivity index (χ0v) is 13.8. The third-order valence-electron chi connectivity index (χ3n) is 3.40. The fourth-order valence-corrected chi connectivity index (χ4v) is 1.94. The molecule has 1 amide bonds. The number of aromatic nitrogens is 1. The third-order valence-corrected chi connectivity index (χ3v) is 3.40. The topological polar surface area (TPSA) is 66.5 Å². The van der Waals surface area contributed by atoms with Crippen LogP contribution in [-0.2, 0) is 0 Å². The van der Waals surface area contributed by atoms with Crippen LogP contribution in [0.5, 0.6) is 5.75 Å². The summed E-state index contributed by atoms with van der Waals surface area (Å²) in [6, 6.07) is 11.2. The predicted octanol–water partition coefficient (Wildman–Crippen LogP) is 3.59. The smallest absolute Gasteiger partial charge is 0.287 e. The molecule has 0 saturated carbocycles. The zero-order valence-electron chi connectivity index (χ0n) is 13.8. The number of hydrogen-bond acceptors (Lipinski definition) is 3. The summed E-state index contributed by atoms with van der Waals surface area (Å²) in [5, 5.41) is 4.12. The fraction of sp³-hybridized carbons (Fsp3) is 0.333. The molecule has 1 aromatic carbocycles. The molecular formula is C18H23N3O2. The normalized spacial score (nSPS) is 11.6. The fourth-order valence-electron chi connectivity index (χ4n) is 1.94. The van der Waals surface area contributed by atoms with Gasteiger partial charge in [0.05, 0.1) is 12.3 Å². The maximum atomic E-state index is 11.8. The summed E-state index contributed by atoms with van der Waals surface area (Å²) in [6.45, 7) is 6.92. The highest BCUT2D eigenvalue weighted by atomic mass is 16.5. The summed E-state index contributed by atoms with van der Waals surface area (Å²) in [5.41, 5.74) is 4.69. The Bertz CT molecular complexity index is 643. The van der Waals surface area contributed by atoms with Crippen molar-refractivity contribution < 1.29 is 9.53 Å². The van der Waals surface area contributed by atoms with E-state index in [1.807, 2.05) is 31.2 Å². The van der Waals surface area contributed by atoms with E-state index in [0.717, 1.165) is 30.1 Å². The Hall–Kier alpha value is -2.56. The van der Waals surface area contributed by atoms with Gasteiger partial charge < -0.3 is 9.72 Å². The van der Waals surface area contributed by atoms with Crippen molar-refractivity contribution in [2.24, 2.45) is 11.0 Å². The second kappa shape index (κ2) is 8.17. The lowest BCUT2D eigenvalue weighted by Crippen LogP contribution is -2.19. The first kappa shape index (κ1) is 16.8. The standard InChI is InChI=1S/C18H23N3O2/c1-13(2)10-12-23-16-8-6-15(7-9-16)14(3)20-21-18(22)17-5-4-11-19-17/h4-9,11,13,19H,10,12H2,1-3H3,(H,21,22)/b20-14-. The van der Waals surface area contributed by atoms with E-state index < -0.39 is 0 Å². The Labute approximate surface area is 136 Å². The van der Waals surface area contributed by atoms with Crippen LogP contribution in [0.4, 0.5) is 0 Å². The van der Waals surface area contributed by atoms with Crippen molar-refractivity contribution in [3.05, 3.63) is 53.9 Å². The average Bonchev–Trinajstić information content (AvgIpc) is 3.07. The van der Waals surface area contributed by atoms with E-state index in [2.05, 4.69) is 29.4 Å². The first-order valence-corrected chi connectivity index (χ1v) is 7.77. The van der Waals surface area contributed by atoms with E-state index in [4.69, 9.17) is 4.74 Å². The number of nitrogens with one attached hydrogen (secondary N) is 2. The zero-order chi connectivity index (χ0) is 16.7. The quantitative estimate of drug-likeness (QED) is 0.606. The number of hydrogen-bond donors (Lipinski definition) is 2. The van der Waals surface area contributed by atoms with Crippen LogP contribution >= 0.6 is 0 Å². The van der Waals surface area contributed by atoms with Crippen molar-refractivity contribution in [1.29, 1.82) is 0 Å². The summed E-state index contributed by atoms with van der Waals surface area (Å²) in [6.07, 6.45) is 2.73. The molecule has 5 heteroatoms. The van der Waals surface area contributed by atoms with Gasteiger partial charge in [0, 0.05) is 6.20 Å². The molecule has 0 bridgehead atoms. The van der Waals surface area contributed by atoms with E-state index in [1.165, 1.54) is 0 Å². The summed E-state index contributed by atoms with van der Waals surface area (Å²) >= 11 is 0. The van der Waals surface area contributed by atoms with E-state index in [1.54, 1.807) is 18.3 Å². The number of amides is 1. The van der Waals surface area contributed by atoms with Gasteiger partial charge in [-0.2, -0.15) is 5.10 Å². The Morgan fingerprint density at radius 2 is 2.00 bits per heavy atom. The van der Waals surface area contributed by atoms with Crippen LogP contribution in [0.25, 0.3) is 0 Å². The van der Waals surface area contributed by atoms with Gasteiger partial charge in [0.15, 0.2) is 0 Å². The first-order valence-electron chi connectivity index (χ1n) is 7.77. The van der Waals surface area contributed by atoms with Gasteiger partial charge in [-0.15, -0.1) is 0 Å². The van der Waals surface area contributed by atoms with Crippen LogP contribution in [0.2, 0.25) is 0 Å². The third kappa shape index (κ3) is 5.29. The number of carbonyl (C=O) groups is 1. The Balaban J connectivity index is 1.90. The van der Waals surface area contributed by atoms with E-state index in [0.29, 0.717) is 11.6 Å². The molecule has 0 atom stereocenters. The SMILES string of the molecule is C/C(=N/NC(=O)c1ccc[nH]1)c1ccc(OCCC(C)C)cc1. The second-order valence-electron chi connectivity index (χ2n) is 5.78. The monoisotopic (exact) mass is 313 g/mol. The van der Waals surface area contributed by atoms with Crippen molar-refractivity contribution in [2.45, 2.75) is 27.2 Å². The van der Waals surface area contributed by atoms with Gasteiger partial charge in [0.1, 0.15) is 11.4 Å². The highest BCUT2D eigenvalue weighted by molar-refractivity contribution is 6.00. The minimum Gasteiger partial charge on any atom is -0.494 e. The molecule has 0 aliphatic heterocycles. The number of H-pyrrole nitrogens is 1. The number of benzene rings is 1. The minimum absolute atomic E-state index is 0.261. The first-order chi connectivity index (χ1) is 11.1. The molecule has 23 heavy (non-hydrogen) atoms. The van der Waals surface area contributed by atoms with Crippen LogP contribution in [0.3, 0.4) is 0 Å². The molecule has 5 nitrogen and oxygen atoms in total. The number of ether oxygens (including phenoxy) is 1. The van der Waals surface area contributed by atoms with Gasteiger partial charge in [0.25, 0.3) is 5.91 Å². The Morgan fingerprint density at radius 3 is 2.61 bits per heavy atom. The van der Waals surface area contributed by atoms with Crippen LogP contribution in [0.15, 0.2) is 47.7 Å². The van der Waals surface area contributed by atoms with Crippen molar-refractivity contribution in [3.8, 4) is 5.75 Å². The number of carbonyl (C=O) groups excluding carboxylic acids is 1. The lowest BCUT2D eigenvalue weighted by molar-refractivity contribution is 0.0950. The van der Waals surface area contributed by atoms with Crippen molar-refractivity contribution in [1.82, 2.24) is 10.4 Å². The number of aromatic amines is 1. The van der Waals surface area contributed by atoms with Crippen molar-refractivity contribution >= 4 is 11.6 Å². The highest BCUT2D eigenvalue weighted by Gasteiger charge is 2.05. The summed E-state index contributed by atoms with van der Waals surface area (Å²) in [5.74, 6) is 1.22. The van der Waals surface area contributed by atoms with Crippen LogP contribution in [0.1, 0.15) is 43.2 Å². The molecule has 0 unspecified atom stereocenters. The molecule has 1 aromatic heterocycles. The van der Waals surface area contributed by atoms with E-state index in [-0.39, 0.29) is 5.91 Å². The molecule has 0 aliphatic rings. The van der Waals surface area contributed by atoms with Crippen LogP contribution < -0.4 is 10.2 Å². The van der Waals surface area contributed by atoms with E-state index in [9.17, 15) is 4.79 Å². The lowest BCUT2D eigenvalue weighted by Gasteiger charge is -2.08. The molecule has 0 fully saturated rings. The van der Waals surface area contributed by atoms with Gasteiger partial charge >= 0.3 is 0 Å². The van der Waals surface area contributed by atoms with Gasteiger partial charge in [0.2, 0.25) is 0 Å². The largest absolute Gasteiger partial charge is 0.494 e. The van der Waals surface area contributed by atoms with Gasteiger partial charge in [-0.3, -0.25) is 4.79 Å². The number of hydrazone groups is 1. The summed E-state index contributed by atoms with van der Waals surface area (Å²) in [4.78, 5) is 14.6. The molecule has 1 heterocycles. The summed E-state index contributed by atoms with van der Waals surface area (Å²) < 4.78 is 5.68. The average molecular weight is 313 g/mol. The molecule has 0 saturated heterocycles. The number of rotatable bonds is 7. The predicted molar refractivity (Wildman–Crippen MR) is 91.9 cm³/mol. The van der Waals surface area contributed by atoms with Gasteiger partial charge in [-0.05, 0) is 61.2 Å². The molecule has 0 spiro atoms. The lowest BCUT2D eigenvalue weighted by atomic mass is 10.1. The molecule has 2 rings (SSSR count). The molecule has 0 aliphatic carbocycles. The minimum atomic E-state index is -0.261. The molecule has 2 aromatic rings. The molecule has 0 radical (unpaired) electrons. The second-order valence-corrected chi connectivity index (χ2v) is 5.78. The summed E-state index contributed by atoms with van der Waals surface area (Å²) in [7, 11) is 0. The van der Waals surface area contributed by atoms with Gasteiger partial charge in [-0.25, -0.2) is 5.43 Å². The van der Waals surface area contributed by atoms with E-state index >= 15 is 0 Å². The maximum absolute atomic E-state index is 11.8. The molecule has 2 N–H and O–H groups in total. The maximum Gasteiger partial charge on any atom is 0.287 e. The highest BCUT2D eigenvalue weighted by Crippen LogP contribution is 2.14. The van der Waals surface area contributed by atoms with Crippen LogP contribution in [0, 0.1) is 5.92 Å². The Kier molecular flexibility index (Phi) is 5.97. The van der Waals surface area contributed by atoms with Crippen molar-refractivity contribution in [3.63, 3.8) is 0 Å². The Morgan fingerprint density at radius 1 is 1.26 bits per heavy atom. The number of nitrogens with zero attached hydrogens (tertiary/aromatic N) is 1. The molecular weight excluding hydrogens is 290 g/mol. The van der Waals surface area contributed by atoms with Crippen molar-refractivity contribution in [2.75, 3.05) is 6.61 Å². The molecule has 122 valence electrons. The van der Waals surface area contributed by atoms with Gasteiger partial charge in [-0.1, -0.05) is 13.8 Å².